The van der Waals surface area contributed by atoms with Crippen molar-refractivity contribution in [3.8, 4) is 0 Å². The molecule has 1 heterocycles. The number of amides is 1. The molecule has 0 saturated heterocycles. The van der Waals surface area contributed by atoms with E-state index in [2.05, 4.69) is 29.5 Å². The lowest BCUT2D eigenvalue weighted by Crippen LogP contribution is -2.33. The second-order valence-corrected chi connectivity index (χ2v) is 7.48. The van der Waals surface area contributed by atoms with E-state index in [1.54, 1.807) is 18.3 Å². The molecule has 6 nitrogen and oxygen atoms in total. The lowest BCUT2D eigenvalue weighted by atomic mass is 10.1. The van der Waals surface area contributed by atoms with Crippen molar-refractivity contribution in [2.75, 3.05) is 18.4 Å². The van der Waals surface area contributed by atoms with Crippen molar-refractivity contribution < 1.29 is 14.3 Å². The second-order valence-electron chi connectivity index (χ2n) is 7.48. The van der Waals surface area contributed by atoms with E-state index >= 15 is 0 Å². The lowest BCUT2D eigenvalue weighted by Gasteiger charge is -2.19. The van der Waals surface area contributed by atoms with E-state index in [0.29, 0.717) is 36.7 Å². The number of nitrogens with one attached hydrogen (secondary N) is 2. The van der Waals surface area contributed by atoms with E-state index in [-0.39, 0.29) is 5.78 Å². The molecule has 1 rings (SSSR count). The molecule has 0 unspecified atom stereocenters. The van der Waals surface area contributed by atoms with Gasteiger partial charge in [0, 0.05) is 25.7 Å². The number of ketones is 1. The predicted octanol–water partition coefficient (Wildman–Crippen LogP) is 4.03. The number of nitrogens with zero attached hydrogens (tertiary/aromatic N) is 1. The number of ether oxygens (including phenoxy) is 1. The average Bonchev–Trinajstić information content (AvgIpc) is 2.51. The molecular formula is C19H31N3O3. The summed E-state index contributed by atoms with van der Waals surface area (Å²) in [6.07, 6.45) is 3.11. The topological polar surface area (TPSA) is 80.3 Å². The van der Waals surface area contributed by atoms with Crippen molar-refractivity contribution in [1.82, 2.24) is 10.3 Å². The molecule has 25 heavy (non-hydrogen) atoms. The summed E-state index contributed by atoms with van der Waals surface area (Å²) < 4.78 is 5.16. The summed E-state index contributed by atoms with van der Waals surface area (Å²) in [5, 5.41) is 5.93. The fraction of sp³-hybridized carbons (Fsp3) is 0.632. The minimum atomic E-state index is -0.500. The molecule has 6 heteroatoms. The Labute approximate surface area is 150 Å². The number of carbonyl (C=O) groups is 2. The van der Waals surface area contributed by atoms with E-state index in [4.69, 9.17) is 4.74 Å². The third-order valence-electron chi connectivity index (χ3n) is 3.28. The molecule has 0 aliphatic rings. The number of hydrogen-bond donors (Lipinski definition) is 2. The van der Waals surface area contributed by atoms with Crippen LogP contribution in [0.5, 0.6) is 0 Å². The van der Waals surface area contributed by atoms with Gasteiger partial charge in [0.05, 0.1) is 5.56 Å². The van der Waals surface area contributed by atoms with Crippen molar-refractivity contribution in [3.63, 3.8) is 0 Å². The summed E-state index contributed by atoms with van der Waals surface area (Å²) in [5.74, 6) is 1.19. The standard InChI is InChI=1S/C19H31N3O3/c1-14(2)13-22-17-15(9-8-12-20-17)16(23)10-6-7-11-21-18(24)25-19(3,4)5/h8-9,12,14H,6-7,10-11,13H2,1-5H3,(H,20,22)(H,21,24). The van der Waals surface area contributed by atoms with Crippen LogP contribution in [0.1, 0.15) is 64.2 Å². The number of pyridine rings is 1. The normalized spacial score (nSPS) is 11.3. The number of hydrogen-bond acceptors (Lipinski definition) is 5. The van der Waals surface area contributed by atoms with Gasteiger partial charge in [0.1, 0.15) is 11.4 Å². The molecule has 1 aromatic heterocycles. The molecule has 0 saturated carbocycles. The number of aromatic nitrogens is 1. The zero-order chi connectivity index (χ0) is 18.9. The highest BCUT2D eigenvalue weighted by Crippen LogP contribution is 2.16. The van der Waals surface area contributed by atoms with E-state index in [1.165, 1.54) is 0 Å². The summed E-state index contributed by atoms with van der Waals surface area (Å²) in [6, 6.07) is 3.58. The average molecular weight is 349 g/mol. The third-order valence-corrected chi connectivity index (χ3v) is 3.28. The molecule has 0 aliphatic carbocycles. The highest BCUT2D eigenvalue weighted by Gasteiger charge is 2.16. The number of Topliss-reactive ketones (excluding diaryl/α,β-unsaturated/α-hetero) is 1. The Bertz CT molecular complexity index is 565. The first-order valence-electron chi connectivity index (χ1n) is 8.88. The van der Waals surface area contributed by atoms with Gasteiger partial charge < -0.3 is 15.4 Å². The summed E-state index contributed by atoms with van der Waals surface area (Å²) in [4.78, 5) is 28.2. The number of alkyl carbamates (subject to hydrolysis) is 1. The first kappa shape index (κ1) is 20.9. The maximum absolute atomic E-state index is 12.4. The zero-order valence-corrected chi connectivity index (χ0v) is 16.0. The van der Waals surface area contributed by atoms with Gasteiger partial charge in [0.25, 0.3) is 0 Å². The van der Waals surface area contributed by atoms with Crippen molar-refractivity contribution in [2.24, 2.45) is 5.92 Å². The Kier molecular flexibility index (Phi) is 8.38. The maximum atomic E-state index is 12.4. The molecule has 0 spiro atoms. The van der Waals surface area contributed by atoms with Gasteiger partial charge in [-0.25, -0.2) is 9.78 Å². The molecule has 0 aliphatic heterocycles. The summed E-state index contributed by atoms with van der Waals surface area (Å²) >= 11 is 0. The first-order valence-corrected chi connectivity index (χ1v) is 8.88. The smallest absolute Gasteiger partial charge is 0.407 e. The molecule has 140 valence electrons. The fourth-order valence-electron chi connectivity index (χ4n) is 2.12. The molecule has 0 fully saturated rings. The van der Waals surface area contributed by atoms with Crippen LogP contribution in [0, 0.1) is 5.92 Å². The minimum Gasteiger partial charge on any atom is -0.444 e. The largest absolute Gasteiger partial charge is 0.444 e. The van der Waals surface area contributed by atoms with Gasteiger partial charge in [-0.15, -0.1) is 0 Å². The van der Waals surface area contributed by atoms with Crippen LogP contribution in [-0.4, -0.2) is 35.6 Å². The van der Waals surface area contributed by atoms with Crippen LogP contribution < -0.4 is 10.6 Å². The van der Waals surface area contributed by atoms with Crippen molar-refractivity contribution in [2.45, 2.75) is 59.5 Å². The van der Waals surface area contributed by atoms with Crippen LogP contribution >= 0.6 is 0 Å². The van der Waals surface area contributed by atoms with Crippen LogP contribution in [-0.2, 0) is 4.74 Å². The highest BCUT2D eigenvalue weighted by molar-refractivity contribution is 6.00. The SMILES string of the molecule is CC(C)CNc1ncccc1C(=O)CCCCNC(=O)OC(C)(C)C. The Morgan fingerprint density at radius 1 is 1.24 bits per heavy atom. The van der Waals surface area contributed by atoms with E-state index in [1.807, 2.05) is 20.8 Å². The number of rotatable bonds is 9. The molecule has 0 bridgehead atoms. The van der Waals surface area contributed by atoms with Crippen LogP contribution in [0.15, 0.2) is 18.3 Å². The first-order chi connectivity index (χ1) is 11.7. The third kappa shape index (κ3) is 9.08. The second kappa shape index (κ2) is 10.0. The van der Waals surface area contributed by atoms with Crippen LogP contribution in [0.2, 0.25) is 0 Å². The van der Waals surface area contributed by atoms with Gasteiger partial charge in [0.15, 0.2) is 5.78 Å². The van der Waals surface area contributed by atoms with Gasteiger partial charge in [-0.1, -0.05) is 13.8 Å². The molecule has 0 atom stereocenters. The summed E-state index contributed by atoms with van der Waals surface area (Å²) in [5.41, 5.74) is 0.128. The monoisotopic (exact) mass is 349 g/mol. The van der Waals surface area contributed by atoms with E-state index < -0.39 is 11.7 Å². The van der Waals surface area contributed by atoms with Crippen LogP contribution in [0.4, 0.5) is 10.6 Å². The van der Waals surface area contributed by atoms with Crippen molar-refractivity contribution in [3.05, 3.63) is 23.9 Å². The van der Waals surface area contributed by atoms with Gasteiger partial charge in [-0.3, -0.25) is 4.79 Å². The van der Waals surface area contributed by atoms with E-state index in [9.17, 15) is 9.59 Å². The number of anilines is 1. The molecule has 0 aromatic carbocycles. The Morgan fingerprint density at radius 3 is 2.60 bits per heavy atom. The Balaban J connectivity index is 2.36. The number of carbonyl (C=O) groups excluding carboxylic acids is 2. The van der Waals surface area contributed by atoms with Gasteiger partial charge >= 0.3 is 6.09 Å². The van der Waals surface area contributed by atoms with Crippen molar-refractivity contribution >= 4 is 17.7 Å². The van der Waals surface area contributed by atoms with Crippen molar-refractivity contribution in [1.29, 1.82) is 0 Å². The summed E-state index contributed by atoms with van der Waals surface area (Å²) in [7, 11) is 0. The number of unbranched alkanes of at least 4 members (excludes halogenated alkanes) is 1. The zero-order valence-electron chi connectivity index (χ0n) is 16.0. The molecule has 0 radical (unpaired) electrons. The quantitative estimate of drug-likeness (QED) is 0.520. The Hall–Kier alpha value is -2.11. The van der Waals surface area contributed by atoms with Crippen LogP contribution in [0.3, 0.4) is 0 Å². The van der Waals surface area contributed by atoms with Crippen LogP contribution in [0.25, 0.3) is 0 Å². The predicted molar refractivity (Wildman–Crippen MR) is 100.0 cm³/mol. The fourth-order valence-corrected chi connectivity index (χ4v) is 2.12. The summed E-state index contributed by atoms with van der Waals surface area (Å²) in [6.45, 7) is 11.0. The molecule has 1 amide bonds. The Morgan fingerprint density at radius 2 is 1.96 bits per heavy atom. The highest BCUT2D eigenvalue weighted by atomic mass is 16.6. The molecular weight excluding hydrogens is 318 g/mol. The van der Waals surface area contributed by atoms with Gasteiger partial charge in [0.2, 0.25) is 0 Å². The molecule has 2 N–H and O–H groups in total. The minimum absolute atomic E-state index is 0.0663. The van der Waals surface area contributed by atoms with Gasteiger partial charge in [-0.05, 0) is 51.7 Å². The lowest BCUT2D eigenvalue weighted by molar-refractivity contribution is 0.0527. The maximum Gasteiger partial charge on any atom is 0.407 e. The molecule has 1 aromatic rings. The van der Waals surface area contributed by atoms with E-state index in [0.717, 1.165) is 13.0 Å². The van der Waals surface area contributed by atoms with Gasteiger partial charge in [-0.2, -0.15) is 0 Å².